The first-order chi connectivity index (χ1) is 7.85. The minimum atomic E-state index is -2.73. The SMILES string of the molecule is CC(C)(CN)CCCCN1CCS(=O)(=O)CC1. The van der Waals surface area contributed by atoms with Gasteiger partial charge in [0.05, 0.1) is 11.5 Å². The standard InChI is InChI=1S/C12H26N2O2S/c1-12(2,11-13)5-3-4-6-14-7-9-17(15,16)10-8-14/h3-11,13H2,1-2H3. The molecule has 0 spiro atoms. The van der Waals surface area contributed by atoms with Crippen LogP contribution in [-0.4, -0.2) is 51.0 Å². The third kappa shape index (κ3) is 5.84. The van der Waals surface area contributed by atoms with Crippen LogP contribution < -0.4 is 5.73 Å². The molecular formula is C12H26N2O2S. The van der Waals surface area contributed by atoms with Crippen LogP contribution >= 0.6 is 0 Å². The fraction of sp³-hybridized carbons (Fsp3) is 1.00. The molecule has 5 heteroatoms. The third-order valence-electron chi connectivity index (χ3n) is 3.57. The van der Waals surface area contributed by atoms with Gasteiger partial charge < -0.3 is 10.6 Å². The molecule has 1 aliphatic heterocycles. The van der Waals surface area contributed by atoms with Crippen molar-refractivity contribution in [2.24, 2.45) is 11.1 Å². The van der Waals surface area contributed by atoms with Gasteiger partial charge >= 0.3 is 0 Å². The van der Waals surface area contributed by atoms with Crippen LogP contribution in [0.2, 0.25) is 0 Å². The topological polar surface area (TPSA) is 63.4 Å². The predicted octanol–water partition coefficient (Wildman–Crippen LogP) is 0.872. The van der Waals surface area contributed by atoms with Crippen molar-refractivity contribution in [1.82, 2.24) is 4.90 Å². The maximum atomic E-state index is 11.3. The summed E-state index contributed by atoms with van der Waals surface area (Å²) in [5.74, 6) is 0.669. The van der Waals surface area contributed by atoms with Crippen molar-refractivity contribution < 1.29 is 8.42 Å². The van der Waals surface area contributed by atoms with Crippen LogP contribution in [0, 0.1) is 5.41 Å². The van der Waals surface area contributed by atoms with Crippen molar-refractivity contribution in [2.75, 3.05) is 37.7 Å². The Balaban J connectivity index is 2.12. The van der Waals surface area contributed by atoms with Gasteiger partial charge in [-0.3, -0.25) is 0 Å². The smallest absolute Gasteiger partial charge is 0.152 e. The lowest BCUT2D eigenvalue weighted by molar-refractivity contribution is 0.271. The molecule has 1 rings (SSSR count). The van der Waals surface area contributed by atoms with E-state index in [1.165, 1.54) is 6.42 Å². The lowest BCUT2D eigenvalue weighted by Gasteiger charge is -2.27. The average molecular weight is 262 g/mol. The Morgan fingerprint density at radius 2 is 1.76 bits per heavy atom. The molecule has 0 aromatic rings. The van der Waals surface area contributed by atoms with E-state index in [2.05, 4.69) is 18.7 Å². The molecule has 1 aliphatic rings. The first-order valence-electron chi connectivity index (χ1n) is 6.47. The summed E-state index contributed by atoms with van der Waals surface area (Å²) < 4.78 is 22.5. The van der Waals surface area contributed by atoms with Crippen LogP contribution in [0.1, 0.15) is 33.1 Å². The van der Waals surface area contributed by atoms with Crippen LogP contribution in [0.5, 0.6) is 0 Å². The average Bonchev–Trinajstić information content (AvgIpc) is 2.26. The number of hydrogen-bond acceptors (Lipinski definition) is 4. The highest BCUT2D eigenvalue weighted by molar-refractivity contribution is 7.91. The second-order valence-electron chi connectivity index (χ2n) is 5.82. The van der Waals surface area contributed by atoms with Gasteiger partial charge in [-0.1, -0.05) is 20.3 Å². The molecule has 0 radical (unpaired) electrons. The van der Waals surface area contributed by atoms with Gasteiger partial charge in [-0.15, -0.1) is 0 Å². The molecule has 1 heterocycles. The van der Waals surface area contributed by atoms with Crippen molar-refractivity contribution in [3.05, 3.63) is 0 Å². The van der Waals surface area contributed by atoms with E-state index >= 15 is 0 Å². The summed E-state index contributed by atoms with van der Waals surface area (Å²) in [6.07, 6.45) is 3.46. The van der Waals surface area contributed by atoms with Crippen molar-refractivity contribution in [3.63, 3.8) is 0 Å². The summed E-state index contributed by atoms with van der Waals surface area (Å²) in [4.78, 5) is 2.26. The molecule has 0 aromatic heterocycles. The van der Waals surface area contributed by atoms with E-state index in [1.54, 1.807) is 0 Å². The Bertz CT molecular complexity index is 311. The Hall–Kier alpha value is -0.130. The molecule has 0 saturated carbocycles. The third-order valence-corrected chi connectivity index (χ3v) is 5.18. The van der Waals surface area contributed by atoms with E-state index in [-0.39, 0.29) is 5.41 Å². The molecule has 1 fully saturated rings. The summed E-state index contributed by atoms with van der Waals surface area (Å²) >= 11 is 0. The maximum Gasteiger partial charge on any atom is 0.152 e. The van der Waals surface area contributed by atoms with Crippen LogP contribution in [0.3, 0.4) is 0 Å². The highest BCUT2D eigenvalue weighted by atomic mass is 32.2. The van der Waals surface area contributed by atoms with Crippen molar-refractivity contribution >= 4 is 9.84 Å². The fourth-order valence-electron chi connectivity index (χ4n) is 2.01. The van der Waals surface area contributed by atoms with Gasteiger partial charge in [-0.25, -0.2) is 8.42 Å². The second kappa shape index (κ2) is 6.16. The second-order valence-corrected chi connectivity index (χ2v) is 8.12. The molecule has 102 valence electrons. The molecule has 17 heavy (non-hydrogen) atoms. The molecule has 0 bridgehead atoms. The Kier molecular flexibility index (Phi) is 5.41. The Morgan fingerprint density at radius 1 is 1.18 bits per heavy atom. The highest BCUT2D eigenvalue weighted by Gasteiger charge is 2.21. The van der Waals surface area contributed by atoms with E-state index in [4.69, 9.17) is 5.73 Å². The minimum absolute atomic E-state index is 0.241. The molecule has 0 aliphatic carbocycles. The van der Waals surface area contributed by atoms with E-state index in [1.807, 2.05) is 0 Å². The monoisotopic (exact) mass is 262 g/mol. The van der Waals surface area contributed by atoms with Gasteiger partial charge in [-0.2, -0.15) is 0 Å². The number of unbranched alkanes of at least 4 members (excludes halogenated alkanes) is 1. The van der Waals surface area contributed by atoms with Gasteiger partial charge in [0.2, 0.25) is 0 Å². The zero-order valence-electron chi connectivity index (χ0n) is 11.1. The summed E-state index contributed by atoms with van der Waals surface area (Å²) in [7, 11) is -2.73. The van der Waals surface area contributed by atoms with Gasteiger partial charge in [0.25, 0.3) is 0 Å². The molecular weight excluding hydrogens is 236 g/mol. The van der Waals surface area contributed by atoms with Crippen molar-refractivity contribution in [2.45, 2.75) is 33.1 Å². The molecule has 0 unspecified atom stereocenters. The number of nitrogens with zero attached hydrogens (tertiary/aromatic N) is 1. The lowest BCUT2D eigenvalue weighted by atomic mass is 9.87. The Labute approximate surface area is 105 Å². The van der Waals surface area contributed by atoms with E-state index < -0.39 is 9.84 Å². The summed E-state index contributed by atoms with van der Waals surface area (Å²) in [5, 5.41) is 0. The van der Waals surface area contributed by atoms with Gasteiger partial charge in [0.1, 0.15) is 0 Å². The van der Waals surface area contributed by atoms with E-state index in [0.29, 0.717) is 24.6 Å². The lowest BCUT2D eigenvalue weighted by Crippen LogP contribution is -2.40. The summed E-state index contributed by atoms with van der Waals surface area (Å²) in [6.45, 7) is 7.57. The zero-order valence-corrected chi connectivity index (χ0v) is 11.9. The van der Waals surface area contributed by atoms with Crippen LogP contribution in [0.25, 0.3) is 0 Å². The van der Waals surface area contributed by atoms with Crippen LogP contribution in [0.15, 0.2) is 0 Å². The van der Waals surface area contributed by atoms with Crippen molar-refractivity contribution in [3.8, 4) is 0 Å². The van der Waals surface area contributed by atoms with Crippen LogP contribution in [0.4, 0.5) is 0 Å². The first-order valence-corrected chi connectivity index (χ1v) is 8.30. The number of sulfone groups is 1. The Morgan fingerprint density at radius 3 is 2.29 bits per heavy atom. The molecule has 4 nitrogen and oxygen atoms in total. The quantitative estimate of drug-likeness (QED) is 0.722. The van der Waals surface area contributed by atoms with Gasteiger partial charge in [0, 0.05) is 13.1 Å². The number of rotatable bonds is 6. The van der Waals surface area contributed by atoms with E-state index in [0.717, 1.165) is 25.9 Å². The maximum absolute atomic E-state index is 11.3. The van der Waals surface area contributed by atoms with Crippen LogP contribution in [-0.2, 0) is 9.84 Å². The number of hydrogen-bond donors (Lipinski definition) is 1. The summed E-state index contributed by atoms with van der Waals surface area (Å²) in [5.41, 5.74) is 5.93. The van der Waals surface area contributed by atoms with Crippen molar-refractivity contribution in [1.29, 1.82) is 0 Å². The largest absolute Gasteiger partial charge is 0.330 e. The molecule has 0 aromatic carbocycles. The highest BCUT2D eigenvalue weighted by Crippen LogP contribution is 2.21. The normalized spacial score (nSPS) is 21.6. The predicted molar refractivity (Wildman–Crippen MR) is 71.8 cm³/mol. The van der Waals surface area contributed by atoms with Gasteiger partial charge in [0.15, 0.2) is 9.84 Å². The fourth-order valence-corrected chi connectivity index (χ4v) is 3.29. The molecule has 0 amide bonds. The number of nitrogens with two attached hydrogens (primary N) is 1. The summed E-state index contributed by atoms with van der Waals surface area (Å²) in [6, 6.07) is 0. The van der Waals surface area contributed by atoms with E-state index in [9.17, 15) is 8.42 Å². The molecule has 2 N–H and O–H groups in total. The van der Waals surface area contributed by atoms with Gasteiger partial charge in [-0.05, 0) is 31.3 Å². The molecule has 1 saturated heterocycles. The molecule has 0 atom stereocenters. The first kappa shape index (κ1) is 14.9. The zero-order chi connectivity index (χ0) is 12.9. The minimum Gasteiger partial charge on any atom is -0.330 e.